The predicted octanol–water partition coefficient (Wildman–Crippen LogP) is 3.29. The van der Waals surface area contributed by atoms with Crippen LogP contribution in [0.1, 0.15) is 18.2 Å². The lowest BCUT2D eigenvalue weighted by atomic mass is 10.2. The van der Waals surface area contributed by atoms with Crippen LogP contribution in [0, 0.1) is 29.1 Å². The lowest BCUT2D eigenvalue weighted by molar-refractivity contribution is 0.381. The Kier molecular flexibility index (Phi) is 4.15. The number of rotatable bonds is 4. The third-order valence-electron chi connectivity index (χ3n) is 2.99. The van der Waals surface area contributed by atoms with Gasteiger partial charge in [0.1, 0.15) is 5.69 Å². The van der Waals surface area contributed by atoms with Crippen molar-refractivity contribution in [1.29, 1.82) is 0 Å². The van der Waals surface area contributed by atoms with Gasteiger partial charge >= 0.3 is 0 Å². The minimum atomic E-state index is -2.17. The maximum atomic E-state index is 13.5. The Hall–Kier alpha value is -2.12. The highest BCUT2D eigenvalue weighted by Gasteiger charge is 2.25. The van der Waals surface area contributed by atoms with Crippen molar-refractivity contribution in [3.05, 3.63) is 46.5 Å². The molecular weight excluding hydrogens is 293 g/mol. The first-order valence-electron chi connectivity index (χ1n) is 6.13. The Balaban J connectivity index is 2.32. The van der Waals surface area contributed by atoms with E-state index in [9.17, 15) is 22.0 Å². The first kappa shape index (κ1) is 15.3. The molecule has 0 aliphatic carbocycles. The number of halogens is 5. The molecule has 2 aromatic rings. The molecule has 1 N–H and O–H groups in total. The molecule has 0 radical (unpaired) electrons. The molecule has 0 unspecified atom stereocenters. The molecule has 0 fully saturated rings. The van der Waals surface area contributed by atoms with E-state index in [1.165, 1.54) is 4.68 Å². The summed E-state index contributed by atoms with van der Waals surface area (Å²) in [5.41, 5.74) is 0.245. The Morgan fingerprint density at radius 1 is 1.00 bits per heavy atom. The smallest absolute Gasteiger partial charge is 0.200 e. The van der Waals surface area contributed by atoms with E-state index in [1.807, 2.05) is 6.92 Å². The van der Waals surface area contributed by atoms with Crippen LogP contribution in [0.5, 0.6) is 0 Å². The van der Waals surface area contributed by atoms with E-state index in [4.69, 9.17) is 0 Å². The second kappa shape index (κ2) is 5.71. The summed E-state index contributed by atoms with van der Waals surface area (Å²) in [5.74, 6) is -9.88. The Morgan fingerprint density at radius 2 is 1.52 bits per heavy atom. The fraction of sp³-hybridized carbons (Fsp3) is 0.308. The summed E-state index contributed by atoms with van der Waals surface area (Å²) in [6.45, 7) is 1.74. The number of hydrogen-bond donors (Lipinski definition) is 1. The van der Waals surface area contributed by atoms with E-state index in [-0.39, 0.29) is 6.54 Å². The van der Waals surface area contributed by atoms with Crippen molar-refractivity contribution in [2.75, 3.05) is 5.32 Å². The van der Waals surface area contributed by atoms with Crippen molar-refractivity contribution in [3.63, 3.8) is 0 Å². The molecular formula is C13H12F5N3. The average molecular weight is 305 g/mol. The SMILES string of the molecule is CCc1nn(C)cc1CNc1c(F)c(F)c(F)c(F)c1F. The molecule has 2 rings (SSSR count). The number of nitrogens with zero attached hydrogens (tertiary/aromatic N) is 2. The Labute approximate surface area is 117 Å². The van der Waals surface area contributed by atoms with Crippen molar-refractivity contribution in [2.24, 2.45) is 7.05 Å². The third-order valence-corrected chi connectivity index (χ3v) is 2.99. The molecule has 0 aliphatic rings. The third kappa shape index (κ3) is 2.70. The summed E-state index contributed by atoms with van der Waals surface area (Å²) < 4.78 is 67.5. The summed E-state index contributed by atoms with van der Waals surface area (Å²) in [6.07, 6.45) is 2.19. The van der Waals surface area contributed by atoms with Crippen LogP contribution in [0.25, 0.3) is 0 Å². The second-order valence-corrected chi connectivity index (χ2v) is 4.43. The lowest BCUT2D eigenvalue weighted by Crippen LogP contribution is -2.10. The summed E-state index contributed by atoms with van der Waals surface area (Å²) in [7, 11) is 1.67. The van der Waals surface area contributed by atoms with Crippen molar-refractivity contribution in [3.8, 4) is 0 Å². The second-order valence-electron chi connectivity index (χ2n) is 4.43. The summed E-state index contributed by atoms with van der Waals surface area (Å²) in [5, 5.41) is 6.36. The topological polar surface area (TPSA) is 29.9 Å². The van der Waals surface area contributed by atoms with Gasteiger partial charge in [-0.1, -0.05) is 6.92 Å². The molecule has 0 saturated heterocycles. The quantitative estimate of drug-likeness (QED) is 0.534. The molecule has 3 nitrogen and oxygen atoms in total. The summed E-state index contributed by atoms with van der Waals surface area (Å²) >= 11 is 0. The standard InChI is InChI=1S/C13H12F5N3/c1-3-7-6(5-21(2)20-7)4-19-13-11(17)9(15)8(14)10(16)12(13)18/h5,19H,3-4H2,1-2H3. The average Bonchev–Trinajstić information content (AvgIpc) is 2.83. The maximum absolute atomic E-state index is 13.5. The zero-order valence-electron chi connectivity index (χ0n) is 11.3. The maximum Gasteiger partial charge on any atom is 0.200 e. The highest BCUT2D eigenvalue weighted by Crippen LogP contribution is 2.27. The molecule has 0 atom stereocenters. The Bertz CT molecular complexity index is 652. The van der Waals surface area contributed by atoms with Gasteiger partial charge in [0.2, 0.25) is 5.82 Å². The van der Waals surface area contributed by atoms with Crippen LogP contribution in [0.2, 0.25) is 0 Å². The molecule has 114 valence electrons. The molecule has 8 heteroatoms. The highest BCUT2D eigenvalue weighted by molar-refractivity contribution is 5.48. The van der Waals surface area contributed by atoms with Gasteiger partial charge < -0.3 is 5.32 Å². The predicted molar refractivity (Wildman–Crippen MR) is 66.1 cm³/mol. The number of anilines is 1. The van der Waals surface area contributed by atoms with E-state index in [0.29, 0.717) is 17.7 Å². The minimum Gasteiger partial charge on any atom is -0.376 e. The number of benzene rings is 1. The molecule has 1 aromatic heterocycles. The molecule has 0 aliphatic heterocycles. The largest absolute Gasteiger partial charge is 0.376 e. The van der Waals surface area contributed by atoms with Crippen LogP contribution in [0.3, 0.4) is 0 Å². The highest BCUT2D eigenvalue weighted by atomic mass is 19.2. The van der Waals surface area contributed by atoms with E-state index in [1.54, 1.807) is 13.2 Å². The van der Waals surface area contributed by atoms with Crippen LogP contribution in [-0.4, -0.2) is 9.78 Å². The van der Waals surface area contributed by atoms with E-state index >= 15 is 0 Å². The number of aromatic nitrogens is 2. The molecule has 1 aromatic carbocycles. The van der Waals surface area contributed by atoms with Gasteiger partial charge in [0, 0.05) is 25.4 Å². The number of aryl methyl sites for hydroxylation is 2. The zero-order valence-corrected chi connectivity index (χ0v) is 11.3. The first-order valence-corrected chi connectivity index (χ1v) is 6.13. The Morgan fingerprint density at radius 3 is 2.05 bits per heavy atom. The molecule has 0 amide bonds. The molecule has 0 spiro atoms. The molecule has 1 heterocycles. The lowest BCUT2D eigenvalue weighted by Gasteiger charge is -2.10. The van der Waals surface area contributed by atoms with Gasteiger partial charge in [-0.3, -0.25) is 4.68 Å². The fourth-order valence-corrected chi connectivity index (χ4v) is 1.97. The van der Waals surface area contributed by atoms with Gasteiger partial charge in [0.15, 0.2) is 23.3 Å². The summed E-state index contributed by atoms with van der Waals surface area (Å²) in [6, 6.07) is 0. The van der Waals surface area contributed by atoms with E-state index in [2.05, 4.69) is 10.4 Å². The van der Waals surface area contributed by atoms with Crippen LogP contribution in [-0.2, 0) is 20.0 Å². The van der Waals surface area contributed by atoms with Crippen LogP contribution in [0.15, 0.2) is 6.20 Å². The number of hydrogen-bond acceptors (Lipinski definition) is 2. The van der Waals surface area contributed by atoms with Gasteiger partial charge in [-0.25, -0.2) is 22.0 Å². The monoisotopic (exact) mass is 305 g/mol. The van der Waals surface area contributed by atoms with Crippen molar-refractivity contribution in [2.45, 2.75) is 19.9 Å². The van der Waals surface area contributed by atoms with Crippen LogP contribution in [0.4, 0.5) is 27.6 Å². The summed E-state index contributed by atoms with van der Waals surface area (Å²) in [4.78, 5) is 0. The minimum absolute atomic E-state index is 0.102. The van der Waals surface area contributed by atoms with E-state index < -0.39 is 34.8 Å². The van der Waals surface area contributed by atoms with Gasteiger partial charge in [-0.2, -0.15) is 5.10 Å². The van der Waals surface area contributed by atoms with Crippen LogP contribution >= 0.6 is 0 Å². The molecule has 0 bridgehead atoms. The van der Waals surface area contributed by atoms with Crippen molar-refractivity contribution >= 4 is 5.69 Å². The van der Waals surface area contributed by atoms with Gasteiger partial charge in [0.05, 0.1) is 5.69 Å². The molecule has 0 saturated carbocycles. The molecule has 21 heavy (non-hydrogen) atoms. The van der Waals surface area contributed by atoms with Crippen molar-refractivity contribution in [1.82, 2.24) is 9.78 Å². The van der Waals surface area contributed by atoms with Gasteiger partial charge in [-0.05, 0) is 6.42 Å². The van der Waals surface area contributed by atoms with Gasteiger partial charge in [-0.15, -0.1) is 0 Å². The van der Waals surface area contributed by atoms with Gasteiger partial charge in [0.25, 0.3) is 0 Å². The normalized spacial score (nSPS) is 11.0. The number of nitrogens with one attached hydrogen (secondary N) is 1. The van der Waals surface area contributed by atoms with Crippen molar-refractivity contribution < 1.29 is 22.0 Å². The van der Waals surface area contributed by atoms with Crippen LogP contribution < -0.4 is 5.32 Å². The first-order chi connectivity index (χ1) is 9.86. The fourth-order valence-electron chi connectivity index (χ4n) is 1.97. The zero-order chi connectivity index (χ0) is 15.7. The van der Waals surface area contributed by atoms with E-state index in [0.717, 1.165) is 0 Å².